The molecule has 0 bridgehead atoms. The van der Waals surface area contributed by atoms with Crippen molar-refractivity contribution >= 4 is 41.4 Å². The maximum Gasteiger partial charge on any atom is 0.315 e. The fourth-order valence-corrected chi connectivity index (χ4v) is 6.94. The molecule has 3 rings (SSSR count). The highest BCUT2D eigenvalue weighted by Crippen LogP contribution is 2.65. The minimum atomic E-state index is -1.05. The Hall–Kier alpha value is -3.77. The molecule has 1 aliphatic carbocycles. The molecule has 268 valence electrons. The topological polar surface area (TPSA) is 174 Å². The summed E-state index contributed by atoms with van der Waals surface area (Å²) in [5.41, 5.74) is -0.967. The number of fused-ring (bicyclic) bond motifs is 1. The standard InChI is InChI=1S/C35H56N6O7/c1-10-12-14-22(28(44)31(46)36-17-11-2)37-30(45)27-26-21(35(26,8)9)18-41(27)32(47)29(34(5,6)7)39-33(48)38-23(20(3)4)19-40-24(42)15-13-16-25(40)43/h11,20-23,26-27,29H,2,10,12-19H2,1,3-9H3,(H,36,46)(H,37,45)(H2,38,39,48)/t21-,22?,23+,26-,27-,29+/m0/s1. The van der Waals surface area contributed by atoms with E-state index >= 15 is 0 Å². The molecule has 0 aromatic heterocycles. The van der Waals surface area contributed by atoms with Crippen molar-refractivity contribution in [3.8, 4) is 0 Å². The van der Waals surface area contributed by atoms with Gasteiger partial charge in [0.05, 0.1) is 12.1 Å². The Balaban J connectivity index is 1.81. The minimum Gasteiger partial charge on any atom is -0.346 e. The third-order valence-electron chi connectivity index (χ3n) is 10.1. The smallest absolute Gasteiger partial charge is 0.315 e. The summed E-state index contributed by atoms with van der Waals surface area (Å²) in [5.74, 6) is -3.24. The molecular formula is C35H56N6O7. The molecule has 2 saturated heterocycles. The van der Waals surface area contributed by atoms with Crippen LogP contribution in [0.15, 0.2) is 12.7 Å². The molecule has 1 unspecified atom stereocenters. The number of piperidine rings is 2. The van der Waals surface area contributed by atoms with Gasteiger partial charge in [-0.1, -0.05) is 74.3 Å². The van der Waals surface area contributed by atoms with E-state index in [1.54, 1.807) is 0 Å². The summed E-state index contributed by atoms with van der Waals surface area (Å²) in [6.45, 7) is 19.2. The van der Waals surface area contributed by atoms with Crippen molar-refractivity contribution in [3.63, 3.8) is 0 Å². The van der Waals surface area contributed by atoms with Gasteiger partial charge in [-0.25, -0.2) is 4.79 Å². The molecule has 13 nitrogen and oxygen atoms in total. The van der Waals surface area contributed by atoms with E-state index < -0.39 is 59.1 Å². The first-order chi connectivity index (χ1) is 22.4. The first-order valence-electron chi connectivity index (χ1n) is 17.3. The first-order valence-corrected chi connectivity index (χ1v) is 17.3. The molecular weight excluding hydrogens is 616 g/mol. The van der Waals surface area contributed by atoms with Crippen LogP contribution in [-0.4, -0.2) is 95.0 Å². The number of nitrogens with zero attached hydrogens (tertiary/aromatic N) is 2. The van der Waals surface area contributed by atoms with Gasteiger partial charge in [0.15, 0.2) is 0 Å². The van der Waals surface area contributed by atoms with Crippen LogP contribution in [0, 0.1) is 28.6 Å². The average Bonchev–Trinajstić information content (AvgIpc) is 3.32. The number of imide groups is 1. The number of rotatable bonds is 15. The van der Waals surface area contributed by atoms with Gasteiger partial charge in [0.1, 0.15) is 12.1 Å². The third-order valence-corrected chi connectivity index (χ3v) is 10.1. The number of carbonyl (C=O) groups excluding carboxylic acids is 7. The van der Waals surface area contributed by atoms with E-state index in [1.165, 1.54) is 15.9 Å². The van der Waals surface area contributed by atoms with Crippen LogP contribution in [0.25, 0.3) is 0 Å². The normalized spacial score (nSPS) is 23.5. The van der Waals surface area contributed by atoms with Gasteiger partial charge in [-0.15, -0.1) is 6.58 Å². The van der Waals surface area contributed by atoms with Gasteiger partial charge in [-0.3, -0.25) is 33.7 Å². The Morgan fingerprint density at radius 1 is 1.02 bits per heavy atom. The van der Waals surface area contributed by atoms with E-state index in [1.807, 2.05) is 55.4 Å². The SMILES string of the molecule is C=CCNC(=O)C(=O)C(CCCC)NC(=O)[C@@H]1[C@@H]2[C@H](CN1C(=O)[C@@H](NC(=O)N[C@H](CN1C(=O)CCCC1=O)C(C)C)C(C)(C)C)C2(C)C. The number of carbonyl (C=O) groups is 7. The van der Waals surface area contributed by atoms with E-state index in [0.29, 0.717) is 19.4 Å². The van der Waals surface area contributed by atoms with Crippen molar-refractivity contribution < 1.29 is 33.6 Å². The lowest BCUT2D eigenvalue weighted by Crippen LogP contribution is -2.62. The highest BCUT2D eigenvalue weighted by molar-refractivity contribution is 6.38. The predicted octanol–water partition coefficient (Wildman–Crippen LogP) is 2.29. The number of likely N-dealkylation sites (tertiary alicyclic amines) is 2. The van der Waals surface area contributed by atoms with Gasteiger partial charge < -0.3 is 26.2 Å². The molecule has 1 saturated carbocycles. The van der Waals surface area contributed by atoms with Crippen LogP contribution in [0.2, 0.25) is 0 Å². The number of hydrogen-bond acceptors (Lipinski definition) is 7. The van der Waals surface area contributed by atoms with Gasteiger partial charge in [0.2, 0.25) is 29.4 Å². The van der Waals surface area contributed by atoms with Crippen LogP contribution in [0.4, 0.5) is 4.79 Å². The Morgan fingerprint density at radius 2 is 1.65 bits per heavy atom. The second kappa shape index (κ2) is 15.6. The zero-order valence-corrected chi connectivity index (χ0v) is 29.9. The highest BCUT2D eigenvalue weighted by Gasteiger charge is 2.70. The number of nitrogens with one attached hydrogen (secondary N) is 4. The number of amides is 7. The molecule has 3 aliphatic rings. The number of ketones is 1. The molecule has 2 heterocycles. The largest absolute Gasteiger partial charge is 0.346 e. The molecule has 0 spiro atoms. The van der Waals surface area contributed by atoms with E-state index in [2.05, 4.69) is 27.8 Å². The predicted molar refractivity (Wildman–Crippen MR) is 180 cm³/mol. The van der Waals surface area contributed by atoms with Crippen molar-refractivity contribution in [2.75, 3.05) is 19.6 Å². The zero-order chi connectivity index (χ0) is 36.1. The Bertz CT molecular complexity index is 1270. The van der Waals surface area contributed by atoms with Crippen LogP contribution < -0.4 is 21.3 Å². The van der Waals surface area contributed by atoms with Crippen molar-refractivity contribution in [1.29, 1.82) is 0 Å². The summed E-state index contributed by atoms with van der Waals surface area (Å²) in [6.07, 6.45) is 4.17. The van der Waals surface area contributed by atoms with E-state index in [9.17, 15) is 33.6 Å². The van der Waals surface area contributed by atoms with E-state index in [-0.39, 0.29) is 67.3 Å². The zero-order valence-electron chi connectivity index (χ0n) is 29.9. The molecule has 4 N–H and O–H groups in total. The second-order valence-electron chi connectivity index (χ2n) is 15.5. The van der Waals surface area contributed by atoms with Gasteiger partial charge in [-0.2, -0.15) is 0 Å². The minimum absolute atomic E-state index is 0.0349. The van der Waals surface area contributed by atoms with Crippen molar-refractivity contribution in [3.05, 3.63) is 12.7 Å². The fraction of sp³-hybridized carbons (Fsp3) is 0.743. The number of urea groups is 1. The highest BCUT2D eigenvalue weighted by atomic mass is 16.2. The Morgan fingerprint density at radius 3 is 2.19 bits per heavy atom. The van der Waals surface area contributed by atoms with Gasteiger partial charge in [0, 0.05) is 32.5 Å². The molecule has 0 aromatic rings. The van der Waals surface area contributed by atoms with Crippen LogP contribution in [-0.2, 0) is 28.8 Å². The fourth-order valence-electron chi connectivity index (χ4n) is 6.94. The van der Waals surface area contributed by atoms with E-state index in [4.69, 9.17) is 0 Å². The van der Waals surface area contributed by atoms with Crippen molar-refractivity contribution in [2.45, 2.75) is 118 Å². The monoisotopic (exact) mass is 672 g/mol. The van der Waals surface area contributed by atoms with Crippen LogP contribution in [0.3, 0.4) is 0 Å². The van der Waals surface area contributed by atoms with Crippen LogP contribution >= 0.6 is 0 Å². The van der Waals surface area contributed by atoms with Crippen LogP contribution in [0.5, 0.6) is 0 Å². The average molecular weight is 673 g/mol. The summed E-state index contributed by atoms with van der Waals surface area (Å²) < 4.78 is 0. The van der Waals surface area contributed by atoms with Gasteiger partial charge in [-0.05, 0) is 41.4 Å². The third kappa shape index (κ3) is 8.82. The lowest BCUT2D eigenvalue weighted by Gasteiger charge is -2.38. The molecule has 2 aliphatic heterocycles. The number of unbranched alkanes of at least 4 members (excludes halogenated alkanes) is 1. The lowest BCUT2D eigenvalue weighted by atomic mass is 9.85. The molecule has 0 aromatic carbocycles. The number of hydrogen-bond donors (Lipinski definition) is 4. The van der Waals surface area contributed by atoms with Crippen molar-refractivity contribution in [2.24, 2.45) is 28.6 Å². The van der Waals surface area contributed by atoms with E-state index in [0.717, 1.165) is 6.42 Å². The molecule has 0 radical (unpaired) electrons. The molecule has 13 heteroatoms. The Kier molecular flexibility index (Phi) is 12.6. The van der Waals surface area contributed by atoms with Gasteiger partial charge >= 0.3 is 6.03 Å². The maximum atomic E-state index is 14.3. The molecule has 48 heavy (non-hydrogen) atoms. The van der Waals surface area contributed by atoms with Gasteiger partial charge in [0.25, 0.3) is 5.91 Å². The summed E-state index contributed by atoms with van der Waals surface area (Å²) in [4.78, 5) is 94.9. The molecule has 3 fully saturated rings. The first kappa shape index (κ1) is 38.7. The summed E-state index contributed by atoms with van der Waals surface area (Å²) in [5, 5.41) is 11.0. The molecule has 7 amide bonds. The number of Topliss-reactive ketones (excluding diaryl/α,β-unsaturated/α-hetero) is 1. The Labute approximate surface area is 284 Å². The van der Waals surface area contributed by atoms with Crippen molar-refractivity contribution in [1.82, 2.24) is 31.1 Å². The summed E-state index contributed by atoms with van der Waals surface area (Å²) in [6, 6.07) is -4.14. The summed E-state index contributed by atoms with van der Waals surface area (Å²) >= 11 is 0. The summed E-state index contributed by atoms with van der Waals surface area (Å²) in [7, 11) is 0. The lowest BCUT2D eigenvalue weighted by molar-refractivity contribution is -0.148. The quantitative estimate of drug-likeness (QED) is 0.117. The molecule has 6 atom stereocenters. The maximum absolute atomic E-state index is 14.3. The second-order valence-corrected chi connectivity index (χ2v) is 15.5. The van der Waals surface area contributed by atoms with Crippen LogP contribution in [0.1, 0.15) is 93.9 Å².